The minimum atomic E-state index is -1.40. The number of pyridine rings is 1. The van der Waals surface area contributed by atoms with Crippen molar-refractivity contribution in [3.63, 3.8) is 0 Å². The van der Waals surface area contributed by atoms with Crippen LogP contribution in [0.5, 0.6) is 0 Å². The topological polar surface area (TPSA) is 113 Å². The summed E-state index contributed by atoms with van der Waals surface area (Å²) in [4.78, 5) is 31.7. The second-order valence-corrected chi connectivity index (χ2v) is 9.70. The lowest BCUT2D eigenvalue weighted by Gasteiger charge is -2.41. The molecule has 1 atom stereocenters. The molecule has 1 aromatic carbocycles. The highest BCUT2D eigenvalue weighted by Crippen LogP contribution is 2.29. The molecule has 4 rings (SSSR count). The molecule has 9 heteroatoms. The van der Waals surface area contributed by atoms with Crippen molar-refractivity contribution in [2.24, 2.45) is 0 Å². The van der Waals surface area contributed by atoms with Gasteiger partial charge >= 0.3 is 12.0 Å². The van der Waals surface area contributed by atoms with Crippen molar-refractivity contribution in [3.05, 3.63) is 59.3 Å². The highest BCUT2D eigenvalue weighted by molar-refractivity contribution is 5.77. The molecular weight excluding hydrogens is 472 g/mol. The Morgan fingerprint density at radius 2 is 1.97 bits per heavy atom. The summed E-state index contributed by atoms with van der Waals surface area (Å²) in [5.41, 5.74) is 1.79. The number of rotatable bonds is 10. The number of carbonyl (C=O) groups is 2. The van der Waals surface area contributed by atoms with E-state index in [2.05, 4.69) is 22.8 Å². The number of likely N-dealkylation sites (tertiary alicyclic amines) is 1. The zero-order valence-electron chi connectivity index (χ0n) is 21.6. The van der Waals surface area contributed by atoms with Crippen LogP contribution < -0.4 is 10.6 Å². The van der Waals surface area contributed by atoms with E-state index in [1.807, 2.05) is 30.3 Å². The second-order valence-electron chi connectivity index (χ2n) is 9.70. The molecule has 1 aromatic heterocycles. The number of benzene rings is 1. The fraction of sp³-hybridized carbons (Fsp3) is 0.536. The summed E-state index contributed by atoms with van der Waals surface area (Å²) >= 11 is 0. The van der Waals surface area contributed by atoms with Crippen molar-refractivity contribution in [1.29, 1.82) is 0 Å². The minimum Gasteiger partial charge on any atom is -0.464 e. The number of ether oxygens (including phenoxy) is 2. The van der Waals surface area contributed by atoms with Gasteiger partial charge in [0.2, 0.25) is 0 Å². The zero-order chi connectivity index (χ0) is 26.1. The number of anilines is 1. The lowest BCUT2D eigenvalue weighted by molar-refractivity contribution is -0.185. The molecule has 2 aliphatic rings. The van der Waals surface area contributed by atoms with E-state index in [-0.39, 0.29) is 32.1 Å². The first kappa shape index (κ1) is 26.9. The molecule has 3 heterocycles. The maximum Gasteiger partial charge on any atom is 0.338 e. The molecular formula is C28H38N4O5. The third kappa shape index (κ3) is 7.20. The first-order valence-corrected chi connectivity index (χ1v) is 13.3. The van der Waals surface area contributed by atoms with Gasteiger partial charge in [0.1, 0.15) is 11.4 Å². The fourth-order valence-electron chi connectivity index (χ4n) is 4.86. The molecule has 0 spiro atoms. The molecule has 1 fully saturated rings. The van der Waals surface area contributed by atoms with E-state index in [0.717, 1.165) is 49.3 Å². The van der Waals surface area contributed by atoms with Crippen molar-refractivity contribution >= 4 is 17.8 Å². The molecule has 0 radical (unpaired) electrons. The Hall–Kier alpha value is -3.17. The van der Waals surface area contributed by atoms with Crippen molar-refractivity contribution in [2.75, 3.05) is 38.1 Å². The van der Waals surface area contributed by atoms with Gasteiger partial charge in [-0.05, 0) is 62.6 Å². The summed E-state index contributed by atoms with van der Waals surface area (Å²) in [6.07, 6.45) is 3.11. The molecule has 0 saturated carbocycles. The van der Waals surface area contributed by atoms with Crippen LogP contribution in [-0.2, 0) is 33.7 Å². The van der Waals surface area contributed by atoms with Crippen LogP contribution in [0.3, 0.4) is 0 Å². The van der Waals surface area contributed by atoms with Gasteiger partial charge in [-0.25, -0.2) is 14.6 Å². The molecule has 0 bridgehead atoms. The number of nitrogens with one attached hydrogen (secondary N) is 2. The molecule has 2 aromatic rings. The van der Waals surface area contributed by atoms with E-state index < -0.39 is 17.7 Å². The van der Waals surface area contributed by atoms with Gasteiger partial charge in [0.25, 0.3) is 0 Å². The van der Waals surface area contributed by atoms with Gasteiger partial charge in [-0.1, -0.05) is 36.4 Å². The largest absolute Gasteiger partial charge is 0.464 e. The van der Waals surface area contributed by atoms with Crippen molar-refractivity contribution in [2.45, 2.75) is 63.8 Å². The molecule has 1 saturated heterocycles. The quantitative estimate of drug-likeness (QED) is 0.333. The number of hydrogen-bond donors (Lipinski definition) is 3. The predicted molar refractivity (Wildman–Crippen MR) is 140 cm³/mol. The van der Waals surface area contributed by atoms with Crippen LogP contribution in [0, 0.1) is 0 Å². The molecule has 2 amide bonds. The average molecular weight is 511 g/mol. The molecule has 2 aliphatic heterocycles. The van der Waals surface area contributed by atoms with Crippen LogP contribution in [0.2, 0.25) is 0 Å². The zero-order valence-corrected chi connectivity index (χ0v) is 21.6. The Morgan fingerprint density at radius 1 is 1.19 bits per heavy atom. The molecule has 1 unspecified atom stereocenters. The summed E-state index contributed by atoms with van der Waals surface area (Å²) < 4.78 is 11.1. The number of aryl methyl sites for hydroxylation is 2. The third-order valence-electron chi connectivity index (χ3n) is 7.00. The van der Waals surface area contributed by atoms with E-state index >= 15 is 0 Å². The molecule has 37 heavy (non-hydrogen) atoms. The minimum absolute atomic E-state index is 0.167. The number of fused-ring (bicyclic) bond motifs is 1. The lowest BCUT2D eigenvalue weighted by Crippen LogP contribution is -2.57. The average Bonchev–Trinajstić information content (AvgIpc) is 2.92. The smallest absolute Gasteiger partial charge is 0.338 e. The third-order valence-corrected chi connectivity index (χ3v) is 7.00. The first-order valence-electron chi connectivity index (χ1n) is 13.3. The Morgan fingerprint density at radius 3 is 2.73 bits per heavy atom. The maximum atomic E-state index is 12.7. The van der Waals surface area contributed by atoms with Crippen molar-refractivity contribution in [3.8, 4) is 0 Å². The molecule has 3 N–H and O–H groups in total. The molecule has 0 aliphatic carbocycles. The number of amides is 2. The first-order chi connectivity index (χ1) is 18.0. The van der Waals surface area contributed by atoms with Gasteiger partial charge in [-0.15, -0.1) is 0 Å². The monoisotopic (exact) mass is 510 g/mol. The van der Waals surface area contributed by atoms with Gasteiger partial charge in [0.05, 0.1) is 13.2 Å². The summed E-state index contributed by atoms with van der Waals surface area (Å²) in [5.74, 6) is 0.410. The predicted octanol–water partition coefficient (Wildman–Crippen LogP) is 3.06. The number of urea groups is 1. The Kier molecular flexibility index (Phi) is 9.35. The van der Waals surface area contributed by atoms with E-state index in [4.69, 9.17) is 14.5 Å². The number of piperidine rings is 1. The summed E-state index contributed by atoms with van der Waals surface area (Å²) in [6, 6.07) is 13.5. The number of nitrogens with zero attached hydrogens (tertiary/aromatic N) is 2. The SMILES string of the molecule is CCOC(=O)C(OCc1ccccc1)C1(O)CCN(C(=O)NCCCc2ccc3c(n2)NCCC3)CC1. The number of aromatic nitrogens is 1. The number of esters is 1. The summed E-state index contributed by atoms with van der Waals surface area (Å²) in [5, 5.41) is 17.7. The summed E-state index contributed by atoms with van der Waals surface area (Å²) in [7, 11) is 0. The van der Waals surface area contributed by atoms with E-state index in [1.165, 1.54) is 5.56 Å². The van der Waals surface area contributed by atoms with Crippen LogP contribution in [-0.4, -0.2) is 71.5 Å². The van der Waals surface area contributed by atoms with Gasteiger partial charge in [0, 0.05) is 31.9 Å². The Bertz CT molecular complexity index is 1040. The number of aliphatic hydroxyl groups is 1. The van der Waals surface area contributed by atoms with E-state index in [0.29, 0.717) is 19.6 Å². The van der Waals surface area contributed by atoms with Gasteiger partial charge in [0.15, 0.2) is 6.10 Å². The van der Waals surface area contributed by atoms with Crippen LogP contribution in [0.4, 0.5) is 10.6 Å². The van der Waals surface area contributed by atoms with Crippen molar-refractivity contribution < 1.29 is 24.2 Å². The fourth-order valence-corrected chi connectivity index (χ4v) is 4.86. The molecule has 200 valence electrons. The van der Waals surface area contributed by atoms with Crippen molar-refractivity contribution in [1.82, 2.24) is 15.2 Å². The normalized spacial score (nSPS) is 17.3. The number of hydrogen-bond acceptors (Lipinski definition) is 7. The maximum absolute atomic E-state index is 12.7. The second kappa shape index (κ2) is 12.9. The summed E-state index contributed by atoms with van der Waals surface area (Å²) in [6.45, 7) is 4.26. The standard InChI is InChI=1S/C28H38N4O5/c1-2-36-26(33)24(37-20-21-8-4-3-5-9-21)28(35)14-18-32(19-15-28)27(34)30-17-7-11-23-13-12-22-10-6-16-29-25(22)31-23/h3-5,8-9,12-13,24,35H,2,6-7,10-11,14-20H2,1H3,(H,29,31)(H,30,34). The van der Waals surface area contributed by atoms with Crippen LogP contribution in [0.25, 0.3) is 0 Å². The van der Waals surface area contributed by atoms with Crippen LogP contribution >= 0.6 is 0 Å². The lowest BCUT2D eigenvalue weighted by atomic mass is 9.85. The molecule has 9 nitrogen and oxygen atoms in total. The number of carbonyl (C=O) groups excluding carboxylic acids is 2. The highest BCUT2D eigenvalue weighted by Gasteiger charge is 2.46. The van der Waals surface area contributed by atoms with Crippen LogP contribution in [0.1, 0.15) is 49.4 Å². The Balaban J connectivity index is 1.23. The van der Waals surface area contributed by atoms with Gasteiger partial charge in [-0.2, -0.15) is 0 Å². The van der Waals surface area contributed by atoms with Gasteiger partial charge in [-0.3, -0.25) is 0 Å². The van der Waals surface area contributed by atoms with Crippen LogP contribution in [0.15, 0.2) is 42.5 Å². The Labute approximate surface area is 218 Å². The van der Waals surface area contributed by atoms with E-state index in [1.54, 1.807) is 11.8 Å². The highest BCUT2D eigenvalue weighted by atomic mass is 16.6. The van der Waals surface area contributed by atoms with E-state index in [9.17, 15) is 14.7 Å². The van der Waals surface area contributed by atoms with Gasteiger partial charge < -0.3 is 30.1 Å².